The first kappa shape index (κ1) is 20.8. The van der Waals surface area contributed by atoms with Crippen molar-refractivity contribution in [1.82, 2.24) is 19.8 Å². The van der Waals surface area contributed by atoms with Crippen molar-refractivity contribution in [2.75, 3.05) is 44.2 Å². The molecule has 2 aliphatic heterocycles. The van der Waals surface area contributed by atoms with Crippen molar-refractivity contribution >= 4 is 5.82 Å². The Labute approximate surface area is 183 Å². The zero-order valence-electron chi connectivity index (χ0n) is 18.1. The van der Waals surface area contributed by atoms with Crippen molar-refractivity contribution in [1.29, 1.82) is 0 Å². The summed E-state index contributed by atoms with van der Waals surface area (Å²) in [5.41, 5.74) is 3.31. The van der Waals surface area contributed by atoms with Gasteiger partial charge in [-0.15, -0.1) is 0 Å². The molecule has 3 heterocycles. The van der Waals surface area contributed by atoms with E-state index < -0.39 is 12.5 Å². The molecule has 3 aliphatic rings. The van der Waals surface area contributed by atoms with E-state index in [-0.39, 0.29) is 5.56 Å². The van der Waals surface area contributed by atoms with E-state index >= 15 is 0 Å². The van der Waals surface area contributed by atoms with Crippen molar-refractivity contribution < 1.29 is 8.78 Å². The number of benzene rings is 1. The van der Waals surface area contributed by atoms with E-state index in [0.29, 0.717) is 6.54 Å². The summed E-state index contributed by atoms with van der Waals surface area (Å²) in [6.45, 7) is 5.74. The van der Waals surface area contributed by atoms with Gasteiger partial charge < -0.3 is 4.90 Å². The normalized spacial score (nSPS) is 20.9. The van der Waals surface area contributed by atoms with Crippen LogP contribution in [0.2, 0.25) is 0 Å². The molecule has 0 bridgehead atoms. The summed E-state index contributed by atoms with van der Waals surface area (Å²) in [4.78, 5) is 16.6. The molecule has 0 unspecified atom stereocenters. The number of fused-ring (bicyclic) bond motifs is 1. The molecule has 0 spiro atoms. The highest BCUT2D eigenvalue weighted by Gasteiger charge is 2.30. The van der Waals surface area contributed by atoms with Crippen LogP contribution in [-0.2, 0) is 26.1 Å². The molecule has 1 aromatic heterocycles. The molecule has 2 aromatic rings. The van der Waals surface area contributed by atoms with Gasteiger partial charge in [0.2, 0.25) is 0 Å². The Morgan fingerprint density at radius 2 is 1.77 bits per heavy atom. The van der Waals surface area contributed by atoms with Crippen LogP contribution in [0.5, 0.6) is 0 Å². The molecule has 1 saturated carbocycles. The molecule has 1 saturated heterocycles. The molecule has 7 heteroatoms. The van der Waals surface area contributed by atoms with Gasteiger partial charge in [-0.2, -0.15) is 0 Å². The molecule has 0 amide bonds. The van der Waals surface area contributed by atoms with E-state index in [1.165, 1.54) is 30.9 Å². The molecule has 0 atom stereocenters. The van der Waals surface area contributed by atoms with Gasteiger partial charge in [0, 0.05) is 69.4 Å². The largest absolute Gasteiger partial charge is 0.354 e. The zero-order valence-corrected chi connectivity index (χ0v) is 18.1. The maximum absolute atomic E-state index is 14.0. The summed E-state index contributed by atoms with van der Waals surface area (Å²) in [5.74, 6) is 0.641. The molecule has 2 fully saturated rings. The molecule has 31 heavy (non-hydrogen) atoms. The molecule has 1 aliphatic carbocycles. The van der Waals surface area contributed by atoms with Crippen molar-refractivity contribution in [2.24, 2.45) is 0 Å². The first-order valence-corrected chi connectivity index (χ1v) is 11.6. The fourth-order valence-corrected chi connectivity index (χ4v) is 5.18. The van der Waals surface area contributed by atoms with E-state index in [1.807, 2.05) is 6.07 Å². The van der Waals surface area contributed by atoms with Gasteiger partial charge in [-0.25, -0.2) is 18.7 Å². The lowest BCUT2D eigenvalue weighted by atomic mass is 9.91. The highest BCUT2D eigenvalue weighted by atomic mass is 19.1. The fourth-order valence-electron chi connectivity index (χ4n) is 5.18. The van der Waals surface area contributed by atoms with Crippen LogP contribution in [0.25, 0.3) is 0 Å². The number of alkyl halides is 1. The van der Waals surface area contributed by atoms with Crippen LogP contribution in [0.15, 0.2) is 24.5 Å². The highest BCUT2D eigenvalue weighted by Crippen LogP contribution is 2.29. The summed E-state index contributed by atoms with van der Waals surface area (Å²) in [5, 5.41) is 0. The van der Waals surface area contributed by atoms with Gasteiger partial charge in [0.15, 0.2) is 0 Å². The highest BCUT2D eigenvalue weighted by molar-refractivity contribution is 5.50. The predicted octanol–water partition coefficient (Wildman–Crippen LogP) is 3.36. The third-order valence-electron chi connectivity index (χ3n) is 7.30. The Morgan fingerprint density at radius 3 is 2.52 bits per heavy atom. The van der Waals surface area contributed by atoms with Gasteiger partial charge in [-0.3, -0.25) is 9.80 Å². The summed E-state index contributed by atoms with van der Waals surface area (Å²) in [6, 6.07) is 5.64. The topological polar surface area (TPSA) is 35.5 Å². The second kappa shape index (κ2) is 9.17. The Bertz CT molecular complexity index is 909. The van der Waals surface area contributed by atoms with Crippen LogP contribution in [0.1, 0.15) is 41.6 Å². The third-order valence-corrected chi connectivity index (χ3v) is 7.30. The molecular formula is C24H31F2N5. The number of hydrogen-bond acceptors (Lipinski definition) is 5. The number of hydrogen-bond donors (Lipinski definition) is 0. The van der Waals surface area contributed by atoms with Crippen molar-refractivity contribution in [3.8, 4) is 0 Å². The van der Waals surface area contributed by atoms with Crippen molar-refractivity contribution in [2.45, 2.75) is 51.4 Å². The van der Waals surface area contributed by atoms with Crippen LogP contribution in [-0.4, -0.2) is 65.1 Å². The standard InChI is InChI=1S/C24H31F2N5/c25-15-21-18(3-1-6-22(21)26)16-29-9-7-20-23(8-10-29)27-17-28-24(20)31-13-11-30(12-14-31)19-4-2-5-19/h1,3,6,17,19H,2,4-5,7-16H2. The lowest BCUT2D eigenvalue weighted by Crippen LogP contribution is -2.52. The number of halogens is 2. The molecule has 166 valence electrons. The van der Waals surface area contributed by atoms with Crippen molar-refractivity contribution in [3.05, 3.63) is 52.7 Å². The number of anilines is 1. The number of rotatable bonds is 5. The average Bonchev–Trinajstić information content (AvgIpc) is 2.96. The van der Waals surface area contributed by atoms with E-state index in [0.717, 1.165) is 75.2 Å². The Balaban J connectivity index is 1.27. The number of piperazine rings is 1. The molecule has 0 radical (unpaired) electrons. The number of nitrogens with zero attached hydrogens (tertiary/aromatic N) is 5. The summed E-state index contributed by atoms with van der Waals surface area (Å²) in [6.07, 6.45) is 7.50. The van der Waals surface area contributed by atoms with E-state index in [4.69, 9.17) is 0 Å². The summed E-state index contributed by atoms with van der Waals surface area (Å²) in [7, 11) is 0. The minimum Gasteiger partial charge on any atom is -0.354 e. The maximum Gasteiger partial charge on any atom is 0.135 e. The lowest BCUT2D eigenvalue weighted by molar-refractivity contribution is 0.120. The smallest absolute Gasteiger partial charge is 0.135 e. The predicted molar refractivity (Wildman–Crippen MR) is 117 cm³/mol. The van der Waals surface area contributed by atoms with Gasteiger partial charge in [0.1, 0.15) is 24.6 Å². The van der Waals surface area contributed by atoms with Crippen LogP contribution < -0.4 is 4.90 Å². The quantitative estimate of drug-likeness (QED) is 0.731. The van der Waals surface area contributed by atoms with Crippen LogP contribution >= 0.6 is 0 Å². The van der Waals surface area contributed by atoms with Crippen LogP contribution in [0, 0.1) is 5.82 Å². The molecule has 1 aromatic carbocycles. The minimum atomic E-state index is -0.765. The van der Waals surface area contributed by atoms with E-state index in [9.17, 15) is 8.78 Å². The average molecular weight is 428 g/mol. The molecule has 0 N–H and O–H groups in total. The molecule has 5 nitrogen and oxygen atoms in total. The fraction of sp³-hybridized carbons (Fsp3) is 0.583. The van der Waals surface area contributed by atoms with Gasteiger partial charge in [-0.1, -0.05) is 18.6 Å². The first-order chi connectivity index (χ1) is 15.2. The zero-order chi connectivity index (χ0) is 21.2. The van der Waals surface area contributed by atoms with Gasteiger partial charge in [0.05, 0.1) is 5.69 Å². The molecular weight excluding hydrogens is 396 g/mol. The number of aromatic nitrogens is 2. The van der Waals surface area contributed by atoms with E-state index in [2.05, 4.69) is 24.7 Å². The SMILES string of the molecule is FCc1c(F)cccc1CN1CCc2ncnc(N3CCN(C4CCC4)CC3)c2CC1. The summed E-state index contributed by atoms with van der Waals surface area (Å²) < 4.78 is 27.3. The van der Waals surface area contributed by atoms with Crippen LogP contribution in [0.3, 0.4) is 0 Å². The van der Waals surface area contributed by atoms with Gasteiger partial charge >= 0.3 is 0 Å². The van der Waals surface area contributed by atoms with Crippen LogP contribution in [0.4, 0.5) is 14.6 Å². The monoisotopic (exact) mass is 427 g/mol. The maximum atomic E-state index is 14.0. The second-order valence-electron chi connectivity index (χ2n) is 9.02. The van der Waals surface area contributed by atoms with Gasteiger partial charge in [0.25, 0.3) is 0 Å². The Hall–Kier alpha value is -2.12. The Morgan fingerprint density at radius 1 is 0.968 bits per heavy atom. The third kappa shape index (κ3) is 4.30. The second-order valence-corrected chi connectivity index (χ2v) is 9.02. The first-order valence-electron chi connectivity index (χ1n) is 11.6. The van der Waals surface area contributed by atoms with Gasteiger partial charge in [-0.05, 0) is 30.9 Å². The minimum absolute atomic E-state index is 0.189. The van der Waals surface area contributed by atoms with Crippen molar-refractivity contribution in [3.63, 3.8) is 0 Å². The summed E-state index contributed by atoms with van der Waals surface area (Å²) >= 11 is 0. The molecule has 5 rings (SSSR count). The van der Waals surface area contributed by atoms with E-state index in [1.54, 1.807) is 12.4 Å². The Kier molecular flexibility index (Phi) is 6.14. The lowest BCUT2D eigenvalue weighted by Gasteiger charge is -2.43.